The van der Waals surface area contributed by atoms with E-state index in [0.29, 0.717) is 0 Å². The fraction of sp³-hybridized carbons (Fsp3) is 0.0526. The summed E-state index contributed by atoms with van der Waals surface area (Å²) in [5.74, 6) is 0. The Labute approximate surface area is 242 Å². The molecular formula is C38H30N2Si. The molecule has 3 heteroatoms. The smallest absolute Gasteiger partial charge is 0.179 e. The van der Waals surface area contributed by atoms with Gasteiger partial charge in [-0.05, 0) is 57.9 Å². The van der Waals surface area contributed by atoms with Crippen molar-refractivity contribution in [3.63, 3.8) is 0 Å². The molecule has 0 atom stereocenters. The highest BCUT2D eigenvalue weighted by Gasteiger charge is 2.41. The summed E-state index contributed by atoms with van der Waals surface area (Å²) < 4.78 is 0. The third kappa shape index (κ3) is 4.26. The zero-order valence-electron chi connectivity index (χ0n) is 23.3. The normalized spacial score (nSPS) is 11.7. The van der Waals surface area contributed by atoms with Crippen LogP contribution in [0.3, 0.4) is 0 Å². The van der Waals surface area contributed by atoms with Gasteiger partial charge in [-0.2, -0.15) is 0 Å². The number of pyridine rings is 2. The molecule has 0 N–H and O–H groups in total. The first-order chi connectivity index (χ1) is 20.1. The zero-order chi connectivity index (χ0) is 27.8. The van der Waals surface area contributed by atoms with Crippen molar-refractivity contribution in [1.82, 2.24) is 9.97 Å². The summed E-state index contributed by atoms with van der Waals surface area (Å²) in [6, 6.07) is 53.3. The van der Waals surface area contributed by atoms with Crippen LogP contribution in [-0.2, 0) is 0 Å². The largest absolute Gasteiger partial charge is 0.251 e. The molecule has 7 aromatic rings. The quantitative estimate of drug-likeness (QED) is 0.142. The Morgan fingerprint density at radius 3 is 1.59 bits per heavy atom. The molecule has 41 heavy (non-hydrogen) atoms. The minimum atomic E-state index is -2.62. The first-order valence-corrected chi connectivity index (χ1v) is 16.1. The molecule has 0 amide bonds. The van der Waals surface area contributed by atoms with Gasteiger partial charge in [0.1, 0.15) is 0 Å². The first kappa shape index (κ1) is 25.1. The first-order valence-electron chi connectivity index (χ1n) is 14.1. The molecule has 5 aromatic carbocycles. The van der Waals surface area contributed by atoms with E-state index in [1.807, 2.05) is 6.92 Å². The second-order valence-electron chi connectivity index (χ2n) is 10.7. The third-order valence-electron chi connectivity index (χ3n) is 8.13. The minimum Gasteiger partial charge on any atom is -0.251 e. The molecule has 0 spiro atoms. The van der Waals surface area contributed by atoms with E-state index in [2.05, 4.69) is 153 Å². The van der Waals surface area contributed by atoms with Crippen LogP contribution in [0.15, 0.2) is 146 Å². The molecule has 0 aliphatic heterocycles. The highest BCUT2D eigenvalue weighted by Crippen LogP contribution is 2.32. The van der Waals surface area contributed by atoms with Gasteiger partial charge in [0.25, 0.3) is 0 Å². The van der Waals surface area contributed by atoms with Gasteiger partial charge in [0, 0.05) is 22.2 Å². The summed E-state index contributed by atoms with van der Waals surface area (Å²) >= 11 is 0. The Morgan fingerprint density at radius 2 is 0.976 bits per heavy atom. The lowest BCUT2D eigenvalue weighted by Crippen LogP contribution is -2.74. The number of nitrogens with zero attached hydrogens (tertiary/aromatic N) is 2. The van der Waals surface area contributed by atoms with Gasteiger partial charge in [-0.3, -0.25) is 9.97 Å². The predicted octanol–water partition coefficient (Wildman–Crippen LogP) is 6.44. The van der Waals surface area contributed by atoms with Crippen LogP contribution in [-0.4, -0.2) is 18.0 Å². The number of aromatic nitrogens is 2. The van der Waals surface area contributed by atoms with E-state index in [1.54, 1.807) is 0 Å². The van der Waals surface area contributed by atoms with E-state index >= 15 is 0 Å². The fourth-order valence-electron chi connectivity index (χ4n) is 6.32. The molecule has 2 aromatic heterocycles. The van der Waals surface area contributed by atoms with Crippen molar-refractivity contribution in [2.45, 2.75) is 13.8 Å². The topological polar surface area (TPSA) is 25.8 Å². The van der Waals surface area contributed by atoms with E-state index in [9.17, 15) is 0 Å². The van der Waals surface area contributed by atoms with Gasteiger partial charge >= 0.3 is 0 Å². The van der Waals surface area contributed by atoms with Crippen molar-refractivity contribution in [2.75, 3.05) is 0 Å². The highest BCUT2D eigenvalue weighted by molar-refractivity contribution is 7.19. The standard InChI is InChI=1S/C38H30N2Si/c1-27-21-22-29-23-24-35-36(25-28(2)40-38(35)37(29)39-27)30-13-12-20-34(26-30)41(31-14-6-3-7-15-31,32-16-8-4-9-17-32)33-18-10-5-11-19-33/h3-26H,1-2H3. The Bertz CT molecular complexity index is 1910. The maximum atomic E-state index is 4.99. The lowest BCUT2D eigenvalue weighted by atomic mass is 9.98. The summed E-state index contributed by atoms with van der Waals surface area (Å²) in [5.41, 5.74) is 6.31. The molecule has 0 saturated carbocycles. The monoisotopic (exact) mass is 542 g/mol. The lowest BCUT2D eigenvalue weighted by Gasteiger charge is -2.34. The van der Waals surface area contributed by atoms with Gasteiger partial charge in [-0.15, -0.1) is 0 Å². The molecule has 0 bridgehead atoms. The summed E-state index contributed by atoms with van der Waals surface area (Å²) in [4.78, 5) is 9.89. The summed E-state index contributed by atoms with van der Waals surface area (Å²) in [5, 5.41) is 7.72. The predicted molar refractivity (Wildman–Crippen MR) is 176 cm³/mol. The van der Waals surface area contributed by atoms with Crippen molar-refractivity contribution >= 4 is 50.6 Å². The number of hydrogen-bond acceptors (Lipinski definition) is 2. The maximum Gasteiger partial charge on any atom is 0.179 e. The summed E-state index contributed by atoms with van der Waals surface area (Å²) in [7, 11) is -2.62. The molecule has 0 aliphatic rings. The fourth-order valence-corrected chi connectivity index (χ4v) is 11.1. The molecule has 2 nitrogen and oxygen atoms in total. The van der Waals surface area contributed by atoms with Gasteiger partial charge in [0.2, 0.25) is 0 Å². The Morgan fingerprint density at radius 1 is 0.439 bits per heavy atom. The molecule has 0 unspecified atom stereocenters. The van der Waals surface area contributed by atoms with Crippen LogP contribution in [0.1, 0.15) is 11.4 Å². The van der Waals surface area contributed by atoms with Crippen molar-refractivity contribution in [3.8, 4) is 11.1 Å². The van der Waals surface area contributed by atoms with Gasteiger partial charge in [-0.1, -0.05) is 133 Å². The number of rotatable bonds is 5. The van der Waals surface area contributed by atoms with Crippen molar-refractivity contribution in [1.29, 1.82) is 0 Å². The highest BCUT2D eigenvalue weighted by atomic mass is 28.3. The van der Waals surface area contributed by atoms with Crippen LogP contribution in [0, 0.1) is 13.8 Å². The maximum absolute atomic E-state index is 4.99. The van der Waals surface area contributed by atoms with Crippen molar-refractivity contribution in [3.05, 3.63) is 157 Å². The van der Waals surface area contributed by atoms with Crippen LogP contribution in [0.2, 0.25) is 0 Å². The van der Waals surface area contributed by atoms with E-state index in [0.717, 1.165) is 33.2 Å². The summed E-state index contributed by atoms with van der Waals surface area (Å²) in [6.45, 7) is 4.12. The second-order valence-corrected chi connectivity index (χ2v) is 14.5. The van der Waals surface area contributed by atoms with Gasteiger partial charge in [-0.25, -0.2) is 0 Å². The SMILES string of the molecule is Cc1ccc2ccc3c(-c4cccc([Si](c5ccccc5)(c5ccccc5)c5ccccc5)c4)cc(C)nc3c2n1. The number of fused-ring (bicyclic) bond motifs is 3. The molecule has 196 valence electrons. The number of aryl methyl sites for hydroxylation is 2. The average molecular weight is 543 g/mol. The molecule has 0 fully saturated rings. The number of hydrogen-bond donors (Lipinski definition) is 0. The van der Waals surface area contributed by atoms with E-state index in [1.165, 1.54) is 31.9 Å². The second kappa shape index (κ2) is 10.3. The van der Waals surface area contributed by atoms with Crippen LogP contribution in [0.4, 0.5) is 0 Å². The van der Waals surface area contributed by atoms with Gasteiger partial charge in [0.15, 0.2) is 8.07 Å². The lowest BCUT2D eigenvalue weighted by molar-refractivity contribution is 1.23. The molecule has 7 rings (SSSR count). The van der Waals surface area contributed by atoms with Gasteiger partial charge < -0.3 is 0 Å². The van der Waals surface area contributed by atoms with Crippen molar-refractivity contribution in [2.24, 2.45) is 0 Å². The minimum absolute atomic E-state index is 0.962. The van der Waals surface area contributed by atoms with E-state index < -0.39 is 8.07 Å². The molecule has 0 radical (unpaired) electrons. The third-order valence-corrected chi connectivity index (χ3v) is 12.9. The Hall–Kier alpha value is -4.86. The Balaban J connectivity index is 1.54. The van der Waals surface area contributed by atoms with Gasteiger partial charge in [0.05, 0.1) is 11.0 Å². The zero-order valence-corrected chi connectivity index (χ0v) is 24.3. The molecule has 0 saturated heterocycles. The van der Waals surface area contributed by atoms with Crippen molar-refractivity contribution < 1.29 is 0 Å². The molecule has 0 aliphatic carbocycles. The number of benzene rings is 5. The molecule has 2 heterocycles. The van der Waals surface area contributed by atoms with Crippen LogP contribution in [0.25, 0.3) is 32.9 Å². The Kier molecular flexibility index (Phi) is 6.30. The van der Waals surface area contributed by atoms with Crippen LogP contribution >= 0.6 is 0 Å². The van der Waals surface area contributed by atoms with E-state index in [-0.39, 0.29) is 0 Å². The summed E-state index contributed by atoms with van der Waals surface area (Å²) in [6.07, 6.45) is 0. The molecular weight excluding hydrogens is 513 g/mol. The average Bonchev–Trinajstić information content (AvgIpc) is 3.03. The van der Waals surface area contributed by atoms with E-state index in [4.69, 9.17) is 9.97 Å². The van der Waals surface area contributed by atoms with Crippen LogP contribution < -0.4 is 20.7 Å². The van der Waals surface area contributed by atoms with Crippen LogP contribution in [0.5, 0.6) is 0 Å².